The molecule has 1 rings (SSSR count). The first-order valence-corrected chi connectivity index (χ1v) is 6.87. The van der Waals surface area contributed by atoms with E-state index >= 15 is 0 Å². The van der Waals surface area contributed by atoms with Crippen molar-refractivity contribution in [2.45, 2.75) is 53.1 Å². The number of hydrogen-bond acceptors (Lipinski definition) is 2. The highest BCUT2D eigenvalue weighted by Gasteiger charge is 2.33. The van der Waals surface area contributed by atoms with Crippen molar-refractivity contribution in [3.63, 3.8) is 0 Å². The first kappa shape index (κ1) is 14.0. The number of hydrogen-bond donors (Lipinski definition) is 1. The van der Waals surface area contributed by atoms with E-state index < -0.39 is 0 Å². The predicted octanol–water partition coefficient (Wildman–Crippen LogP) is 2.60. The molecule has 0 saturated carbocycles. The third-order valence-electron chi connectivity index (χ3n) is 4.25. The van der Waals surface area contributed by atoms with Gasteiger partial charge in [0.25, 0.3) is 0 Å². The van der Waals surface area contributed by atoms with Crippen LogP contribution in [0.1, 0.15) is 41.0 Å². The fourth-order valence-corrected chi connectivity index (χ4v) is 3.14. The van der Waals surface area contributed by atoms with Crippen molar-refractivity contribution in [1.82, 2.24) is 10.2 Å². The third kappa shape index (κ3) is 3.21. The van der Waals surface area contributed by atoms with E-state index in [1.165, 1.54) is 13.0 Å². The Morgan fingerprint density at radius 3 is 2.38 bits per heavy atom. The maximum atomic E-state index is 3.35. The Morgan fingerprint density at radius 1 is 1.25 bits per heavy atom. The average molecular weight is 226 g/mol. The largest absolute Gasteiger partial charge is 0.318 e. The zero-order valence-electron chi connectivity index (χ0n) is 12.0. The summed E-state index contributed by atoms with van der Waals surface area (Å²) in [6.07, 6.45) is 1.39. The molecule has 2 heteroatoms. The molecule has 0 bridgehead atoms. The molecule has 0 radical (unpaired) electrons. The molecule has 0 aliphatic carbocycles. The number of nitrogens with one attached hydrogen (secondary N) is 1. The van der Waals surface area contributed by atoms with Crippen molar-refractivity contribution in [1.29, 1.82) is 0 Å². The fourth-order valence-electron chi connectivity index (χ4n) is 3.14. The van der Waals surface area contributed by atoms with E-state index in [1.807, 2.05) is 0 Å². The summed E-state index contributed by atoms with van der Waals surface area (Å²) in [6.45, 7) is 14.3. The molecule has 4 atom stereocenters. The van der Waals surface area contributed by atoms with Crippen LogP contribution >= 0.6 is 0 Å². The number of likely N-dealkylation sites (tertiary alicyclic amines) is 1. The minimum Gasteiger partial charge on any atom is -0.318 e. The Bertz CT molecular complexity index is 203. The molecule has 0 spiro atoms. The standard InChI is InChI=1S/C14H30N2/c1-10(2)14(8-15-6)16-9-11(3)7-12(4)13(16)5/h10-15H,7-9H2,1-6H3. The molecule has 0 amide bonds. The van der Waals surface area contributed by atoms with Gasteiger partial charge in [0, 0.05) is 25.2 Å². The van der Waals surface area contributed by atoms with Crippen LogP contribution in [0.25, 0.3) is 0 Å². The van der Waals surface area contributed by atoms with Gasteiger partial charge in [-0.3, -0.25) is 4.90 Å². The molecule has 1 aliphatic heterocycles. The number of likely N-dealkylation sites (N-methyl/N-ethyl adjacent to an activating group) is 1. The molecule has 1 fully saturated rings. The van der Waals surface area contributed by atoms with Crippen molar-refractivity contribution in [3.8, 4) is 0 Å². The fraction of sp³-hybridized carbons (Fsp3) is 1.00. The Kier molecular flexibility index (Phi) is 5.26. The Balaban J connectivity index is 2.73. The second-order valence-corrected chi connectivity index (χ2v) is 6.12. The van der Waals surface area contributed by atoms with Gasteiger partial charge in [0.1, 0.15) is 0 Å². The Labute approximate surface area is 102 Å². The lowest BCUT2D eigenvalue weighted by atomic mass is 9.83. The van der Waals surface area contributed by atoms with Gasteiger partial charge in [-0.25, -0.2) is 0 Å². The van der Waals surface area contributed by atoms with E-state index in [2.05, 4.69) is 51.9 Å². The highest BCUT2D eigenvalue weighted by atomic mass is 15.2. The van der Waals surface area contributed by atoms with Crippen molar-refractivity contribution < 1.29 is 0 Å². The van der Waals surface area contributed by atoms with Gasteiger partial charge in [-0.2, -0.15) is 0 Å². The number of piperidine rings is 1. The van der Waals surface area contributed by atoms with Crippen molar-refractivity contribution in [3.05, 3.63) is 0 Å². The second kappa shape index (κ2) is 6.02. The van der Waals surface area contributed by atoms with Crippen molar-refractivity contribution in [2.75, 3.05) is 20.1 Å². The molecule has 1 saturated heterocycles. The molecule has 4 unspecified atom stereocenters. The number of rotatable bonds is 4. The summed E-state index contributed by atoms with van der Waals surface area (Å²) in [5.74, 6) is 2.42. The van der Waals surface area contributed by atoms with Crippen molar-refractivity contribution in [2.24, 2.45) is 17.8 Å². The highest BCUT2D eigenvalue weighted by Crippen LogP contribution is 2.30. The molecule has 1 aliphatic rings. The van der Waals surface area contributed by atoms with Crippen LogP contribution in [0.3, 0.4) is 0 Å². The van der Waals surface area contributed by atoms with Crippen LogP contribution < -0.4 is 5.32 Å². The first-order valence-electron chi connectivity index (χ1n) is 6.87. The Hall–Kier alpha value is -0.0800. The second-order valence-electron chi connectivity index (χ2n) is 6.12. The number of nitrogens with zero attached hydrogens (tertiary/aromatic N) is 1. The smallest absolute Gasteiger partial charge is 0.0246 e. The first-order chi connectivity index (χ1) is 7.47. The van der Waals surface area contributed by atoms with E-state index in [1.54, 1.807) is 0 Å². The zero-order chi connectivity index (χ0) is 12.3. The van der Waals surface area contributed by atoms with E-state index in [0.29, 0.717) is 6.04 Å². The molecular weight excluding hydrogens is 196 g/mol. The van der Waals surface area contributed by atoms with Gasteiger partial charge < -0.3 is 5.32 Å². The van der Waals surface area contributed by atoms with E-state index in [-0.39, 0.29) is 0 Å². The van der Waals surface area contributed by atoms with E-state index in [0.717, 1.165) is 30.3 Å². The van der Waals surface area contributed by atoms with Gasteiger partial charge >= 0.3 is 0 Å². The van der Waals surface area contributed by atoms with Crippen LogP contribution in [-0.2, 0) is 0 Å². The maximum absolute atomic E-state index is 3.35. The van der Waals surface area contributed by atoms with Crippen LogP contribution in [-0.4, -0.2) is 37.1 Å². The minimum atomic E-state index is 0.685. The third-order valence-corrected chi connectivity index (χ3v) is 4.25. The lowest BCUT2D eigenvalue weighted by Crippen LogP contribution is -2.55. The SMILES string of the molecule is CNCC(C(C)C)N1CC(C)CC(C)C1C. The summed E-state index contributed by atoms with van der Waals surface area (Å²) in [5.41, 5.74) is 0. The van der Waals surface area contributed by atoms with Gasteiger partial charge in [-0.15, -0.1) is 0 Å². The van der Waals surface area contributed by atoms with E-state index in [4.69, 9.17) is 0 Å². The molecular formula is C14H30N2. The van der Waals surface area contributed by atoms with E-state index in [9.17, 15) is 0 Å². The maximum Gasteiger partial charge on any atom is 0.0246 e. The summed E-state index contributed by atoms with van der Waals surface area (Å²) in [5, 5.41) is 3.35. The monoisotopic (exact) mass is 226 g/mol. The molecule has 1 heterocycles. The summed E-state index contributed by atoms with van der Waals surface area (Å²) in [4.78, 5) is 2.74. The molecule has 2 nitrogen and oxygen atoms in total. The van der Waals surface area contributed by atoms with Crippen LogP contribution in [0.15, 0.2) is 0 Å². The minimum absolute atomic E-state index is 0.685. The van der Waals surface area contributed by atoms with Crippen LogP contribution in [0, 0.1) is 17.8 Å². The highest BCUT2D eigenvalue weighted by molar-refractivity contribution is 4.88. The normalized spacial score (nSPS) is 34.3. The van der Waals surface area contributed by atoms with Gasteiger partial charge in [-0.05, 0) is 38.1 Å². The molecule has 0 aromatic carbocycles. The summed E-state index contributed by atoms with van der Waals surface area (Å²) in [7, 11) is 2.07. The zero-order valence-corrected chi connectivity index (χ0v) is 12.0. The van der Waals surface area contributed by atoms with Gasteiger partial charge in [0.15, 0.2) is 0 Å². The van der Waals surface area contributed by atoms with Gasteiger partial charge in [0.05, 0.1) is 0 Å². The summed E-state index contributed by atoms with van der Waals surface area (Å²) < 4.78 is 0. The Morgan fingerprint density at radius 2 is 1.88 bits per heavy atom. The predicted molar refractivity (Wildman–Crippen MR) is 71.7 cm³/mol. The molecule has 1 N–H and O–H groups in total. The van der Waals surface area contributed by atoms with Crippen molar-refractivity contribution >= 4 is 0 Å². The molecule has 16 heavy (non-hydrogen) atoms. The van der Waals surface area contributed by atoms with Crippen LogP contribution in [0.5, 0.6) is 0 Å². The topological polar surface area (TPSA) is 15.3 Å². The lowest BCUT2D eigenvalue weighted by Gasteiger charge is -2.46. The average Bonchev–Trinajstić information content (AvgIpc) is 2.20. The molecule has 96 valence electrons. The summed E-state index contributed by atoms with van der Waals surface area (Å²) in [6, 6.07) is 1.42. The quantitative estimate of drug-likeness (QED) is 0.792. The molecule has 0 aromatic heterocycles. The van der Waals surface area contributed by atoms with Crippen LogP contribution in [0.4, 0.5) is 0 Å². The van der Waals surface area contributed by atoms with Crippen LogP contribution in [0.2, 0.25) is 0 Å². The lowest BCUT2D eigenvalue weighted by molar-refractivity contribution is 0.0233. The van der Waals surface area contributed by atoms with Gasteiger partial charge in [-0.1, -0.05) is 27.7 Å². The van der Waals surface area contributed by atoms with Gasteiger partial charge in [0.2, 0.25) is 0 Å². The summed E-state index contributed by atoms with van der Waals surface area (Å²) >= 11 is 0. The molecule has 0 aromatic rings.